The van der Waals surface area contributed by atoms with Gasteiger partial charge in [0, 0.05) is 37.2 Å². The molecular formula is C20H23N7O. The summed E-state index contributed by atoms with van der Waals surface area (Å²) < 4.78 is 1.90. The Labute approximate surface area is 163 Å². The highest BCUT2D eigenvalue weighted by atomic mass is 16.2. The fourth-order valence-electron chi connectivity index (χ4n) is 3.45. The van der Waals surface area contributed by atoms with Gasteiger partial charge in [-0.25, -0.2) is 19.4 Å². The van der Waals surface area contributed by atoms with Crippen molar-refractivity contribution in [1.29, 1.82) is 0 Å². The molecule has 3 aromatic rings. The summed E-state index contributed by atoms with van der Waals surface area (Å²) in [5, 5.41) is 10.2. The average molecular weight is 377 g/mol. The monoisotopic (exact) mass is 377 g/mol. The van der Waals surface area contributed by atoms with Gasteiger partial charge < -0.3 is 10.2 Å². The van der Waals surface area contributed by atoms with Crippen molar-refractivity contribution in [1.82, 2.24) is 19.7 Å². The largest absolute Gasteiger partial charge is 0.341 e. The molecule has 1 fully saturated rings. The number of piperidine rings is 1. The summed E-state index contributed by atoms with van der Waals surface area (Å²) in [6.45, 7) is 3.66. The van der Waals surface area contributed by atoms with Crippen LogP contribution < -0.4 is 15.5 Å². The van der Waals surface area contributed by atoms with E-state index in [0.717, 1.165) is 43.1 Å². The zero-order chi connectivity index (χ0) is 19.3. The lowest BCUT2D eigenvalue weighted by Crippen LogP contribution is -2.36. The first kappa shape index (κ1) is 18.0. The number of carbonyl (C=O) groups is 1. The Morgan fingerprint density at radius 1 is 1.00 bits per heavy atom. The molecule has 0 aliphatic carbocycles. The molecule has 2 amide bonds. The first-order chi connectivity index (χ1) is 13.7. The van der Waals surface area contributed by atoms with Crippen LogP contribution in [0.3, 0.4) is 0 Å². The highest BCUT2D eigenvalue weighted by Gasteiger charge is 2.24. The van der Waals surface area contributed by atoms with Crippen LogP contribution in [0.5, 0.6) is 0 Å². The summed E-state index contributed by atoms with van der Waals surface area (Å²) >= 11 is 0. The van der Waals surface area contributed by atoms with Gasteiger partial charge in [-0.1, -0.05) is 18.2 Å². The van der Waals surface area contributed by atoms with Gasteiger partial charge in [-0.3, -0.25) is 5.32 Å². The second-order valence-electron chi connectivity index (χ2n) is 6.82. The molecular weight excluding hydrogens is 354 g/mol. The molecule has 8 nitrogen and oxygen atoms in total. The number of carbonyl (C=O) groups excluding carboxylic acids is 1. The van der Waals surface area contributed by atoms with E-state index in [9.17, 15) is 4.79 Å². The molecule has 0 radical (unpaired) electrons. The quantitative estimate of drug-likeness (QED) is 0.727. The zero-order valence-electron chi connectivity index (χ0n) is 15.7. The molecule has 8 heteroatoms. The second-order valence-corrected chi connectivity index (χ2v) is 6.82. The summed E-state index contributed by atoms with van der Waals surface area (Å²) in [7, 11) is 0. The van der Waals surface area contributed by atoms with Crippen molar-refractivity contribution < 1.29 is 4.79 Å². The molecule has 1 aromatic carbocycles. The van der Waals surface area contributed by atoms with Crippen LogP contribution in [0.1, 0.15) is 24.4 Å². The van der Waals surface area contributed by atoms with Gasteiger partial charge in [-0.15, -0.1) is 0 Å². The number of hydrogen-bond donors (Lipinski definition) is 2. The topological polar surface area (TPSA) is 88.0 Å². The van der Waals surface area contributed by atoms with E-state index in [-0.39, 0.29) is 12.1 Å². The number of benzene rings is 1. The van der Waals surface area contributed by atoms with Crippen LogP contribution in [0.2, 0.25) is 0 Å². The number of aryl methyl sites for hydroxylation is 1. The maximum atomic E-state index is 12.4. The Bertz CT molecular complexity index is 932. The van der Waals surface area contributed by atoms with Gasteiger partial charge in [0.1, 0.15) is 5.82 Å². The molecule has 0 unspecified atom stereocenters. The lowest BCUT2D eigenvalue weighted by Gasteiger charge is -2.32. The maximum Gasteiger partial charge on any atom is 0.324 e. The SMILES string of the molecule is Cc1ccccc1NC(=O)Nc1ccnn1C1CCN(c2ncccn2)CC1. The fraction of sp³-hybridized carbons (Fsp3) is 0.300. The van der Waals surface area contributed by atoms with Crippen LogP contribution in [0.4, 0.5) is 22.2 Å². The summed E-state index contributed by atoms with van der Waals surface area (Å²) in [4.78, 5) is 23.2. The lowest BCUT2D eigenvalue weighted by molar-refractivity contribution is 0.261. The van der Waals surface area contributed by atoms with Gasteiger partial charge in [0.25, 0.3) is 0 Å². The molecule has 28 heavy (non-hydrogen) atoms. The number of hydrogen-bond acceptors (Lipinski definition) is 5. The number of rotatable bonds is 4. The molecule has 1 aliphatic rings. The lowest BCUT2D eigenvalue weighted by atomic mass is 10.1. The van der Waals surface area contributed by atoms with Crippen molar-refractivity contribution in [3.8, 4) is 0 Å². The number of anilines is 3. The van der Waals surface area contributed by atoms with Gasteiger partial charge in [0.2, 0.25) is 5.95 Å². The molecule has 0 saturated carbocycles. The van der Waals surface area contributed by atoms with E-state index in [0.29, 0.717) is 5.82 Å². The molecule has 3 heterocycles. The third-order valence-electron chi connectivity index (χ3n) is 4.95. The van der Waals surface area contributed by atoms with E-state index in [1.165, 1.54) is 0 Å². The first-order valence-electron chi connectivity index (χ1n) is 9.40. The standard InChI is InChI=1S/C20H23N7O/c1-15-5-2-3-6-17(15)24-20(28)25-18-7-12-23-27(18)16-8-13-26(14-9-16)19-21-10-4-11-22-19/h2-7,10-12,16H,8-9,13-14H2,1H3,(H2,24,25,28). The summed E-state index contributed by atoms with van der Waals surface area (Å²) in [6, 6.07) is 11.3. The van der Waals surface area contributed by atoms with Crippen LogP contribution in [-0.2, 0) is 0 Å². The van der Waals surface area contributed by atoms with Gasteiger partial charge >= 0.3 is 6.03 Å². The van der Waals surface area contributed by atoms with Gasteiger partial charge in [0.05, 0.1) is 12.2 Å². The van der Waals surface area contributed by atoms with E-state index in [1.54, 1.807) is 18.6 Å². The molecule has 144 valence electrons. The Morgan fingerprint density at radius 2 is 1.75 bits per heavy atom. The van der Waals surface area contributed by atoms with Gasteiger partial charge in [-0.2, -0.15) is 5.10 Å². The molecule has 2 N–H and O–H groups in total. The number of aromatic nitrogens is 4. The van der Waals surface area contributed by atoms with E-state index in [4.69, 9.17) is 0 Å². The average Bonchev–Trinajstić information content (AvgIpc) is 3.18. The van der Waals surface area contributed by atoms with E-state index in [2.05, 4.69) is 30.6 Å². The Kier molecular flexibility index (Phi) is 5.18. The molecule has 0 atom stereocenters. The van der Waals surface area contributed by atoms with E-state index < -0.39 is 0 Å². The van der Waals surface area contributed by atoms with Crippen LogP contribution in [-0.4, -0.2) is 38.9 Å². The van der Waals surface area contributed by atoms with Gasteiger partial charge in [-0.05, 0) is 37.5 Å². The second kappa shape index (κ2) is 8.08. The normalized spacial score (nSPS) is 14.7. The van der Waals surface area contributed by atoms with Crippen LogP contribution in [0.25, 0.3) is 0 Å². The predicted molar refractivity (Wildman–Crippen MR) is 109 cm³/mol. The van der Waals surface area contributed by atoms with E-state index >= 15 is 0 Å². The van der Waals surface area contributed by atoms with Crippen molar-refractivity contribution in [3.63, 3.8) is 0 Å². The minimum atomic E-state index is -0.272. The third kappa shape index (κ3) is 3.95. The number of para-hydroxylation sites is 1. The Hall–Kier alpha value is -3.42. The molecule has 4 rings (SSSR count). The minimum Gasteiger partial charge on any atom is -0.341 e. The predicted octanol–water partition coefficient (Wildman–Crippen LogP) is 3.47. The minimum absolute atomic E-state index is 0.226. The summed E-state index contributed by atoms with van der Waals surface area (Å²) in [6.07, 6.45) is 7.06. The third-order valence-corrected chi connectivity index (χ3v) is 4.95. The van der Waals surface area contributed by atoms with Crippen molar-refractivity contribution in [2.45, 2.75) is 25.8 Å². The number of amides is 2. The van der Waals surface area contributed by atoms with Gasteiger partial charge in [0.15, 0.2) is 0 Å². The van der Waals surface area contributed by atoms with Crippen molar-refractivity contribution in [2.24, 2.45) is 0 Å². The van der Waals surface area contributed by atoms with Crippen LogP contribution in [0, 0.1) is 6.92 Å². The Morgan fingerprint density at radius 3 is 2.50 bits per heavy atom. The molecule has 1 aliphatic heterocycles. The fourth-order valence-corrected chi connectivity index (χ4v) is 3.45. The van der Waals surface area contributed by atoms with Crippen molar-refractivity contribution >= 4 is 23.5 Å². The molecule has 2 aromatic heterocycles. The van der Waals surface area contributed by atoms with E-state index in [1.807, 2.05) is 48.0 Å². The maximum absolute atomic E-state index is 12.4. The van der Waals surface area contributed by atoms with Crippen molar-refractivity contribution in [3.05, 3.63) is 60.6 Å². The highest BCUT2D eigenvalue weighted by molar-refractivity contribution is 5.99. The summed E-state index contributed by atoms with van der Waals surface area (Å²) in [5.41, 5.74) is 1.81. The number of urea groups is 1. The number of nitrogens with zero attached hydrogens (tertiary/aromatic N) is 5. The molecule has 1 saturated heterocycles. The smallest absolute Gasteiger partial charge is 0.324 e. The molecule has 0 bridgehead atoms. The van der Waals surface area contributed by atoms with Crippen molar-refractivity contribution in [2.75, 3.05) is 28.6 Å². The van der Waals surface area contributed by atoms with Crippen LogP contribution >= 0.6 is 0 Å². The first-order valence-corrected chi connectivity index (χ1v) is 9.40. The zero-order valence-corrected chi connectivity index (χ0v) is 15.7. The van der Waals surface area contributed by atoms with Crippen LogP contribution in [0.15, 0.2) is 55.0 Å². The highest BCUT2D eigenvalue weighted by Crippen LogP contribution is 2.27. The molecule has 0 spiro atoms. The number of nitrogens with one attached hydrogen (secondary N) is 2. The summed E-state index contributed by atoms with van der Waals surface area (Å²) in [5.74, 6) is 1.46. The Balaban J connectivity index is 1.38.